The zero-order valence-corrected chi connectivity index (χ0v) is 19.8. The average Bonchev–Trinajstić information content (AvgIpc) is 3.72. The van der Waals surface area contributed by atoms with Gasteiger partial charge in [0.25, 0.3) is 0 Å². The highest BCUT2D eigenvalue weighted by atomic mass is 16.6. The Labute approximate surface area is 190 Å². The Morgan fingerprint density at radius 1 is 1.25 bits per heavy atom. The van der Waals surface area contributed by atoms with Crippen LogP contribution in [0.4, 0.5) is 4.79 Å². The lowest BCUT2D eigenvalue weighted by atomic mass is 9.68. The Bertz CT molecular complexity index is 809. The van der Waals surface area contributed by atoms with Crippen LogP contribution in [0.15, 0.2) is 11.6 Å². The largest absolute Gasteiger partial charge is 0.443 e. The van der Waals surface area contributed by atoms with E-state index in [2.05, 4.69) is 32.2 Å². The second kappa shape index (κ2) is 7.71. The van der Waals surface area contributed by atoms with Gasteiger partial charge in [-0.2, -0.15) is 0 Å². The van der Waals surface area contributed by atoms with Crippen LogP contribution in [-0.4, -0.2) is 80.3 Å². The summed E-state index contributed by atoms with van der Waals surface area (Å²) in [7, 11) is 3.35. The number of piperidine rings is 1. The molecule has 8 heteroatoms. The first-order valence-corrected chi connectivity index (χ1v) is 11.9. The molecule has 1 spiro atoms. The molecule has 2 amide bonds. The monoisotopic (exact) mass is 448 g/mol. The predicted molar refractivity (Wildman–Crippen MR) is 116 cm³/mol. The van der Waals surface area contributed by atoms with Gasteiger partial charge in [0.05, 0.1) is 18.6 Å². The number of epoxide rings is 2. The maximum atomic E-state index is 13.0. The molecule has 5 rings (SSSR count). The molecule has 8 nitrogen and oxygen atoms in total. The molecule has 2 aliphatic carbocycles. The van der Waals surface area contributed by atoms with E-state index < -0.39 is 0 Å². The highest BCUT2D eigenvalue weighted by Gasteiger charge is 2.72. The number of hydrogen-bond acceptors (Lipinski definition) is 6. The molecular formula is C24H36N2O6. The lowest BCUT2D eigenvalue weighted by Crippen LogP contribution is -2.56. The second-order valence-electron chi connectivity index (χ2n) is 10.7. The number of methoxy groups -OCH3 is 1. The SMILES string of the molecule is CNC(=O)[C@H]1[C@@H]2CN(C(=O)O[C@@H]3CC[C@]4(CO4)[C@@H]([C@@]4(C)O[C@@H]4CC=C(C)C)[C@@H]3OC)C[C@@H]21. The minimum absolute atomic E-state index is 0.0201. The van der Waals surface area contributed by atoms with Crippen molar-refractivity contribution < 1.29 is 28.5 Å². The van der Waals surface area contributed by atoms with Gasteiger partial charge in [-0.15, -0.1) is 0 Å². The molecule has 2 saturated carbocycles. The lowest BCUT2D eigenvalue weighted by molar-refractivity contribution is -0.123. The fourth-order valence-corrected chi connectivity index (χ4v) is 6.51. The molecule has 1 N–H and O–H groups in total. The highest BCUT2D eigenvalue weighted by Crippen LogP contribution is 2.60. The van der Waals surface area contributed by atoms with Gasteiger partial charge in [-0.3, -0.25) is 4.79 Å². The zero-order valence-electron chi connectivity index (χ0n) is 19.8. The van der Waals surface area contributed by atoms with E-state index in [1.807, 2.05) is 0 Å². The summed E-state index contributed by atoms with van der Waals surface area (Å²) in [5.74, 6) is 0.672. The predicted octanol–water partition coefficient (Wildman–Crippen LogP) is 2.12. The van der Waals surface area contributed by atoms with Gasteiger partial charge in [0.2, 0.25) is 5.91 Å². The molecule has 9 atom stereocenters. The molecule has 0 aromatic carbocycles. The van der Waals surface area contributed by atoms with Crippen LogP contribution >= 0.6 is 0 Å². The van der Waals surface area contributed by atoms with Crippen LogP contribution < -0.4 is 5.32 Å². The molecule has 5 aliphatic rings. The van der Waals surface area contributed by atoms with Gasteiger partial charge in [0, 0.05) is 33.2 Å². The Morgan fingerprint density at radius 2 is 1.94 bits per heavy atom. The lowest BCUT2D eigenvalue weighted by Gasteiger charge is -2.43. The van der Waals surface area contributed by atoms with Gasteiger partial charge < -0.3 is 29.2 Å². The molecular weight excluding hydrogens is 412 g/mol. The standard InChI is InChI=1S/C24H36N2O6/c1-13(2)6-7-17-23(3,32-17)20-19(29-5)16(8-9-24(20)12-30-24)31-22(28)26-10-14-15(11-26)18(14)21(27)25-4/h6,14-20H,7-12H2,1-5H3,(H,25,27)/t14-,15+,16-,17-,18+,19-,20-,23+,24+/m1/s1. The molecule has 0 aromatic heterocycles. The van der Waals surface area contributed by atoms with Crippen molar-refractivity contribution >= 4 is 12.0 Å². The number of carbonyl (C=O) groups is 2. The van der Waals surface area contributed by atoms with Gasteiger partial charge in [0.15, 0.2) is 0 Å². The molecule has 3 saturated heterocycles. The van der Waals surface area contributed by atoms with Crippen molar-refractivity contribution in [2.24, 2.45) is 23.7 Å². The molecule has 0 unspecified atom stereocenters. The summed E-state index contributed by atoms with van der Waals surface area (Å²) in [5.41, 5.74) is 0.708. The second-order valence-corrected chi connectivity index (χ2v) is 10.7. The van der Waals surface area contributed by atoms with Crippen LogP contribution in [0.5, 0.6) is 0 Å². The molecule has 32 heavy (non-hydrogen) atoms. The van der Waals surface area contributed by atoms with E-state index in [0.717, 1.165) is 19.3 Å². The third kappa shape index (κ3) is 3.55. The first-order chi connectivity index (χ1) is 15.2. The molecule has 5 fully saturated rings. The van der Waals surface area contributed by atoms with E-state index in [1.54, 1.807) is 19.1 Å². The van der Waals surface area contributed by atoms with Crippen molar-refractivity contribution in [1.29, 1.82) is 0 Å². The van der Waals surface area contributed by atoms with E-state index in [0.29, 0.717) is 19.7 Å². The number of ether oxygens (including phenoxy) is 4. The fourth-order valence-electron chi connectivity index (χ4n) is 6.51. The zero-order chi connectivity index (χ0) is 22.8. The average molecular weight is 449 g/mol. The Morgan fingerprint density at radius 3 is 2.50 bits per heavy atom. The number of nitrogens with one attached hydrogen (secondary N) is 1. The van der Waals surface area contributed by atoms with E-state index >= 15 is 0 Å². The Kier molecular flexibility index (Phi) is 5.34. The summed E-state index contributed by atoms with van der Waals surface area (Å²) in [6, 6.07) is 0. The number of amides is 2. The van der Waals surface area contributed by atoms with Crippen LogP contribution in [-0.2, 0) is 23.7 Å². The van der Waals surface area contributed by atoms with Crippen LogP contribution in [0, 0.1) is 23.7 Å². The molecule has 0 aromatic rings. The van der Waals surface area contributed by atoms with Crippen LogP contribution in [0.1, 0.15) is 40.0 Å². The number of fused-ring (bicyclic) bond motifs is 1. The summed E-state index contributed by atoms with van der Waals surface area (Å²) in [5, 5.41) is 2.72. The quantitative estimate of drug-likeness (QED) is 0.494. The minimum atomic E-state index is -0.343. The number of likely N-dealkylation sites (tertiary alicyclic amines) is 1. The fraction of sp³-hybridized carbons (Fsp3) is 0.833. The number of hydrogen-bond donors (Lipinski definition) is 1. The summed E-state index contributed by atoms with van der Waals surface area (Å²) in [6.45, 7) is 8.23. The molecule has 3 aliphatic heterocycles. The number of carbonyl (C=O) groups excluding carboxylic acids is 2. The van der Waals surface area contributed by atoms with Crippen molar-refractivity contribution in [2.45, 2.75) is 69.5 Å². The summed E-state index contributed by atoms with van der Waals surface area (Å²) in [4.78, 5) is 26.6. The molecule has 178 valence electrons. The van der Waals surface area contributed by atoms with E-state index in [-0.39, 0.29) is 65.2 Å². The molecule has 3 heterocycles. The van der Waals surface area contributed by atoms with Gasteiger partial charge in [0.1, 0.15) is 23.4 Å². The summed E-state index contributed by atoms with van der Waals surface area (Å²) >= 11 is 0. The first-order valence-electron chi connectivity index (χ1n) is 11.9. The third-order valence-corrected chi connectivity index (χ3v) is 8.49. The normalized spacial score (nSPS) is 45.8. The maximum Gasteiger partial charge on any atom is 0.410 e. The van der Waals surface area contributed by atoms with Crippen LogP contribution in [0.2, 0.25) is 0 Å². The molecule has 0 bridgehead atoms. The van der Waals surface area contributed by atoms with Gasteiger partial charge in [-0.1, -0.05) is 11.6 Å². The smallest absolute Gasteiger partial charge is 0.410 e. The molecule has 0 radical (unpaired) electrons. The van der Waals surface area contributed by atoms with Gasteiger partial charge >= 0.3 is 6.09 Å². The van der Waals surface area contributed by atoms with Crippen molar-refractivity contribution in [3.05, 3.63) is 11.6 Å². The van der Waals surface area contributed by atoms with Crippen LogP contribution in [0.3, 0.4) is 0 Å². The van der Waals surface area contributed by atoms with E-state index in [1.165, 1.54) is 5.57 Å². The first kappa shape index (κ1) is 22.2. The summed E-state index contributed by atoms with van der Waals surface area (Å²) in [6.07, 6.45) is 3.87. The minimum Gasteiger partial charge on any atom is -0.443 e. The third-order valence-electron chi connectivity index (χ3n) is 8.49. The van der Waals surface area contributed by atoms with Crippen molar-refractivity contribution in [1.82, 2.24) is 10.2 Å². The van der Waals surface area contributed by atoms with E-state index in [9.17, 15) is 9.59 Å². The highest BCUT2D eigenvalue weighted by molar-refractivity contribution is 5.83. The maximum absolute atomic E-state index is 13.0. The Hall–Kier alpha value is -1.64. The number of allylic oxidation sites excluding steroid dienone is 1. The summed E-state index contributed by atoms with van der Waals surface area (Å²) < 4.78 is 24.2. The van der Waals surface area contributed by atoms with Crippen molar-refractivity contribution in [3.63, 3.8) is 0 Å². The number of nitrogens with zero attached hydrogens (tertiary/aromatic N) is 1. The van der Waals surface area contributed by atoms with E-state index in [4.69, 9.17) is 18.9 Å². The number of rotatable bonds is 6. The topological polar surface area (TPSA) is 92.9 Å². The van der Waals surface area contributed by atoms with Gasteiger partial charge in [-0.25, -0.2) is 4.79 Å². The van der Waals surface area contributed by atoms with Crippen LogP contribution in [0.25, 0.3) is 0 Å². The van der Waals surface area contributed by atoms with Crippen molar-refractivity contribution in [3.8, 4) is 0 Å². The Balaban J connectivity index is 1.23. The van der Waals surface area contributed by atoms with Crippen molar-refractivity contribution in [2.75, 3.05) is 33.9 Å². The van der Waals surface area contributed by atoms with Gasteiger partial charge in [-0.05, 0) is 51.9 Å².